The topological polar surface area (TPSA) is 106 Å². The van der Waals surface area contributed by atoms with Crippen molar-refractivity contribution in [2.45, 2.75) is 6.54 Å². The Morgan fingerprint density at radius 2 is 2.17 bits per heavy atom. The highest BCUT2D eigenvalue weighted by Gasteiger charge is 2.13. The third kappa shape index (κ3) is 4.79. The number of hydrogen-bond donors (Lipinski definition) is 2. The van der Waals surface area contributed by atoms with E-state index in [4.69, 9.17) is 15.6 Å². The number of primary amides is 1. The van der Waals surface area contributed by atoms with Gasteiger partial charge in [0.05, 0.1) is 25.9 Å². The molecule has 0 bridgehead atoms. The van der Waals surface area contributed by atoms with Crippen LogP contribution in [0.2, 0.25) is 0 Å². The fraction of sp³-hybridized carbons (Fsp3) is 0.364. The zero-order chi connectivity index (χ0) is 13.5. The van der Waals surface area contributed by atoms with Crippen LogP contribution in [0.4, 0.5) is 0 Å². The molecule has 1 aromatic rings. The standard InChI is InChI=1S/C11H15N3O4/c1-18-10-4-2-3-8(13-10)5-14(6-9(12)15)7-11(16)17/h2-4H,5-7H2,1H3,(H2,12,15)(H,16,17). The molecule has 1 aromatic heterocycles. The van der Waals surface area contributed by atoms with Crippen molar-refractivity contribution in [2.24, 2.45) is 5.73 Å². The molecular formula is C11H15N3O4. The van der Waals surface area contributed by atoms with Crippen molar-refractivity contribution in [1.82, 2.24) is 9.88 Å². The Morgan fingerprint density at radius 1 is 1.44 bits per heavy atom. The number of ether oxygens (including phenoxy) is 1. The predicted octanol–water partition coefficient (Wildman–Crippen LogP) is -0.538. The molecule has 0 fully saturated rings. The third-order valence-corrected chi connectivity index (χ3v) is 2.11. The first kappa shape index (κ1) is 13.9. The van der Waals surface area contributed by atoms with Crippen molar-refractivity contribution >= 4 is 11.9 Å². The van der Waals surface area contributed by atoms with E-state index < -0.39 is 11.9 Å². The molecule has 0 saturated heterocycles. The number of hydrogen-bond acceptors (Lipinski definition) is 5. The van der Waals surface area contributed by atoms with Crippen molar-refractivity contribution in [3.63, 3.8) is 0 Å². The molecule has 0 radical (unpaired) electrons. The minimum absolute atomic E-state index is 0.134. The van der Waals surface area contributed by atoms with Gasteiger partial charge in [-0.3, -0.25) is 14.5 Å². The van der Waals surface area contributed by atoms with Crippen molar-refractivity contribution in [3.05, 3.63) is 23.9 Å². The van der Waals surface area contributed by atoms with Gasteiger partial charge < -0.3 is 15.6 Å². The fourth-order valence-electron chi connectivity index (χ4n) is 1.47. The van der Waals surface area contributed by atoms with Gasteiger partial charge >= 0.3 is 5.97 Å². The highest BCUT2D eigenvalue weighted by Crippen LogP contribution is 2.08. The number of methoxy groups -OCH3 is 1. The minimum atomic E-state index is -1.03. The number of carbonyl (C=O) groups is 2. The molecule has 0 spiro atoms. The lowest BCUT2D eigenvalue weighted by Crippen LogP contribution is -2.37. The lowest BCUT2D eigenvalue weighted by atomic mass is 10.3. The van der Waals surface area contributed by atoms with Crippen LogP contribution in [0.5, 0.6) is 5.88 Å². The first-order valence-electron chi connectivity index (χ1n) is 5.23. The Hall–Kier alpha value is -2.15. The van der Waals surface area contributed by atoms with Crippen LogP contribution in [0.15, 0.2) is 18.2 Å². The molecule has 0 atom stereocenters. The van der Waals surface area contributed by atoms with Crippen LogP contribution in [0.1, 0.15) is 5.69 Å². The molecule has 1 amide bonds. The van der Waals surface area contributed by atoms with Gasteiger partial charge in [-0.2, -0.15) is 0 Å². The molecule has 98 valence electrons. The van der Waals surface area contributed by atoms with E-state index in [0.29, 0.717) is 11.6 Å². The van der Waals surface area contributed by atoms with E-state index in [2.05, 4.69) is 4.98 Å². The summed E-state index contributed by atoms with van der Waals surface area (Å²) < 4.78 is 4.96. The Bertz CT molecular complexity index is 420. The summed E-state index contributed by atoms with van der Waals surface area (Å²) in [4.78, 5) is 27.0. The van der Waals surface area contributed by atoms with Gasteiger partial charge in [0, 0.05) is 12.6 Å². The molecule has 0 aromatic carbocycles. The quantitative estimate of drug-likeness (QED) is 0.676. The summed E-state index contributed by atoms with van der Waals surface area (Å²) in [6, 6.07) is 5.14. The van der Waals surface area contributed by atoms with Gasteiger partial charge in [0.25, 0.3) is 0 Å². The first-order valence-corrected chi connectivity index (χ1v) is 5.23. The molecule has 0 unspecified atom stereocenters. The molecule has 0 aliphatic carbocycles. The number of aromatic nitrogens is 1. The SMILES string of the molecule is COc1cccc(CN(CC(N)=O)CC(=O)O)n1. The zero-order valence-corrected chi connectivity index (χ0v) is 10.00. The number of nitrogens with two attached hydrogens (primary N) is 1. The van der Waals surface area contributed by atoms with Crippen molar-refractivity contribution in [1.29, 1.82) is 0 Å². The van der Waals surface area contributed by atoms with Gasteiger partial charge in [0.1, 0.15) is 0 Å². The summed E-state index contributed by atoms with van der Waals surface area (Å²) in [5.74, 6) is -1.18. The van der Waals surface area contributed by atoms with E-state index in [9.17, 15) is 9.59 Å². The van der Waals surface area contributed by atoms with Crippen LogP contribution in [0.25, 0.3) is 0 Å². The summed E-state index contributed by atoms with van der Waals surface area (Å²) in [6.45, 7) is -0.195. The van der Waals surface area contributed by atoms with Crippen LogP contribution >= 0.6 is 0 Å². The van der Waals surface area contributed by atoms with E-state index in [1.54, 1.807) is 18.2 Å². The lowest BCUT2D eigenvalue weighted by Gasteiger charge is -2.17. The Balaban J connectivity index is 2.74. The lowest BCUT2D eigenvalue weighted by molar-refractivity contribution is -0.138. The van der Waals surface area contributed by atoms with E-state index >= 15 is 0 Å². The van der Waals surface area contributed by atoms with E-state index in [1.165, 1.54) is 12.0 Å². The highest BCUT2D eigenvalue weighted by molar-refractivity contribution is 5.77. The molecule has 1 rings (SSSR count). The van der Waals surface area contributed by atoms with Crippen molar-refractivity contribution in [2.75, 3.05) is 20.2 Å². The number of carboxylic acid groups (broad SMARTS) is 1. The second kappa shape index (κ2) is 6.55. The predicted molar refractivity (Wildman–Crippen MR) is 62.9 cm³/mol. The van der Waals surface area contributed by atoms with Gasteiger partial charge in [-0.15, -0.1) is 0 Å². The third-order valence-electron chi connectivity index (χ3n) is 2.11. The maximum absolute atomic E-state index is 10.8. The normalized spacial score (nSPS) is 10.3. The fourth-order valence-corrected chi connectivity index (χ4v) is 1.47. The zero-order valence-electron chi connectivity index (χ0n) is 10.00. The first-order chi connectivity index (χ1) is 8.51. The van der Waals surface area contributed by atoms with Crippen LogP contribution in [-0.2, 0) is 16.1 Å². The average molecular weight is 253 g/mol. The van der Waals surface area contributed by atoms with Crippen LogP contribution < -0.4 is 10.5 Å². The Labute approximate surface area is 104 Å². The summed E-state index contributed by atoms with van der Waals surface area (Å²) in [6.07, 6.45) is 0. The highest BCUT2D eigenvalue weighted by atomic mass is 16.5. The molecule has 1 heterocycles. The van der Waals surface area contributed by atoms with Gasteiger partial charge in [0.2, 0.25) is 11.8 Å². The van der Waals surface area contributed by atoms with Crippen LogP contribution in [0, 0.1) is 0 Å². The molecule has 0 aliphatic rings. The molecule has 18 heavy (non-hydrogen) atoms. The van der Waals surface area contributed by atoms with E-state index in [-0.39, 0.29) is 19.6 Å². The summed E-state index contributed by atoms with van der Waals surface area (Å²) in [7, 11) is 1.49. The molecule has 0 saturated carbocycles. The maximum atomic E-state index is 10.8. The largest absolute Gasteiger partial charge is 0.481 e. The smallest absolute Gasteiger partial charge is 0.317 e. The van der Waals surface area contributed by atoms with Crippen molar-refractivity contribution in [3.8, 4) is 5.88 Å². The monoisotopic (exact) mass is 253 g/mol. The second-order valence-electron chi connectivity index (χ2n) is 3.68. The number of rotatable bonds is 7. The van der Waals surface area contributed by atoms with Gasteiger partial charge in [0.15, 0.2) is 0 Å². The number of carboxylic acids is 1. The maximum Gasteiger partial charge on any atom is 0.317 e. The number of aliphatic carboxylic acids is 1. The van der Waals surface area contributed by atoms with Crippen LogP contribution in [-0.4, -0.2) is 47.1 Å². The van der Waals surface area contributed by atoms with E-state index in [1.807, 2.05) is 0 Å². The molecule has 3 N–H and O–H groups in total. The summed E-state index contributed by atoms with van der Waals surface area (Å²) in [5.41, 5.74) is 5.67. The molecule has 7 heteroatoms. The number of amides is 1. The number of carbonyl (C=O) groups excluding carboxylic acids is 1. The average Bonchev–Trinajstić information content (AvgIpc) is 2.27. The number of pyridine rings is 1. The molecule has 0 aliphatic heterocycles. The molecule has 7 nitrogen and oxygen atoms in total. The number of nitrogens with zero attached hydrogens (tertiary/aromatic N) is 2. The second-order valence-corrected chi connectivity index (χ2v) is 3.68. The van der Waals surface area contributed by atoms with Crippen LogP contribution in [0.3, 0.4) is 0 Å². The summed E-state index contributed by atoms with van der Waals surface area (Å²) in [5, 5.41) is 8.74. The Kier molecular flexibility index (Phi) is 5.06. The van der Waals surface area contributed by atoms with E-state index in [0.717, 1.165) is 0 Å². The van der Waals surface area contributed by atoms with Gasteiger partial charge in [-0.1, -0.05) is 6.07 Å². The summed E-state index contributed by atoms with van der Waals surface area (Å²) >= 11 is 0. The molecular weight excluding hydrogens is 238 g/mol. The van der Waals surface area contributed by atoms with Gasteiger partial charge in [-0.05, 0) is 6.07 Å². The Morgan fingerprint density at radius 3 is 2.72 bits per heavy atom. The minimum Gasteiger partial charge on any atom is -0.481 e. The van der Waals surface area contributed by atoms with Gasteiger partial charge in [-0.25, -0.2) is 4.98 Å². The van der Waals surface area contributed by atoms with Crippen molar-refractivity contribution < 1.29 is 19.4 Å².